The summed E-state index contributed by atoms with van der Waals surface area (Å²) < 4.78 is 14.6. The molecule has 4 N–H and O–H groups in total. The van der Waals surface area contributed by atoms with Gasteiger partial charge in [0.1, 0.15) is 6.04 Å². The van der Waals surface area contributed by atoms with E-state index in [0.717, 1.165) is 86.8 Å². The topological polar surface area (TPSA) is 172 Å². The van der Waals surface area contributed by atoms with E-state index in [0.29, 0.717) is 28.4 Å². The highest BCUT2D eigenvalue weighted by Gasteiger charge is 2.45. The number of carbonyl (C=O) groups is 5. The van der Waals surface area contributed by atoms with E-state index in [1.807, 2.05) is 30.3 Å². The van der Waals surface area contributed by atoms with Gasteiger partial charge in [-0.3, -0.25) is 39.1 Å². The van der Waals surface area contributed by atoms with Crippen LogP contribution in [0.3, 0.4) is 0 Å². The predicted molar refractivity (Wildman–Crippen MR) is 217 cm³/mol. The molecule has 15 nitrogen and oxygen atoms in total. The fourth-order valence-corrected chi connectivity index (χ4v) is 7.99. The Bertz CT molecular complexity index is 2270. The molecule has 298 valence electrons. The quantitative estimate of drug-likeness (QED) is 0.123. The molecule has 3 fully saturated rings. The second-order valence-corrected chi connectivity index (χ2v) is 14.9. The van der Waals surface area contributed by atoms with Crippen molar-refractivity contribution in [2.75, 3.05) is 71.6 Å². The van der Waals surface area contributed by atoms with Crippen molar-refractivity contribution >= 4 is 69.7 Å². The van der Waals surface area contributed by atoms with E-state index < -0.39 is 35.5 Å². The van der Waals surface area contributed by atoms with Crippen molar-refractivity contribution < 1.29 is 28.4 Å². The second kappa shape index (κ2) is 16.4. The first-order valence-corrected chi connectivity index (χ1v) is 19.4. The summed E-state index contributed by atoms with van der Waals surface area (Å²) in [4.78, 5) is 78.7. The van der Waals surface area contributed by atoms with Crippen LogP contribution in [0.25, 0.3) is 0 Å². The number of hydrogen-bond donors (Lipinski definition) is 4. The number of amides is 5. The molecule has 4 aliphatic rings. The van der Waals surface area contributed by atoms with Gasteiger partial charge in [-0.25, -0.2) is 9.37 Å². The summed E-state index contributed by atoms with van der Waals surface area (Å²) >= 11 is 0. The largest absolute Gasteiger partial charge is 0.371 e. The van der Waals surface area contributed by atoms with Crippen LogP contribution in [-0.2, 0) is 14.4 Å². The lowest BCUT2D eigenvalue weighted by atomic mass is 9.95. The summed E-state index contributed by atoms with van der Waals surface area (Å²) in [5.41, 5.74) is 4.42. The first kappa shape index (κ1) is 38.2. The first-order chi connectivity index (χ1) is 28.1. The standard InChI is InChI=1S/C42H43FN10O5/c1-2-36(54)45-28-4-3-5-29(22-28)46-38-34(43)24-44-42(49-38)47-27-6-8-30(9-7-27)52-20-18-50(19-21-52)25-26-14-16-51(17-15-26)31-10-11-32-33(23-31)41(58)53(40(32)57)35-12-13-37(55)48-39(35)56/h2-11,22-24,26,35H,1,12-21,25H2,(H,45,54)(H,48,55,56)(H2,44,46,47,49). The highest BCUT2D eigenvalue weighted by Crippen LogP contribution is 2.33. The van der Waals surface area contributed by atoms with Gasteiger partial charge in [0.05, 0.1) is 17.3 Å². The van der Waals surface area contributed by atoms with Crippen LogP contribution in [0.4, 0.5) is 44.6 Å². The molecule has 0 spiro atoms. The second-order valence-electron chi connectivity index (χ2n) is 14.9. The van der Waals surface area contributed by atoms with Crippen molar-refractivity contribution in [3.63, 3.8) is 0 Å². The third kappa shape index (κ3) is 8.23. The average Bonchev–Trinajstić information content (AvgIpc) is 3.48. The monoisotopic (exact) mass is 786 g/mol. The van der Waals surface area contributed by atoms with Gasteiger partial charge in [0, 0.05) is 80.7 Å². The van der Waals surface area contributed by atoms with Gasteiger partial charge in [-0.1, -0.05) is 12.6 Å². The Morgan fingerprint density at radius 1 is 0.810 bits per heavy atom. The molecule has 16 heteroatoms. The normalized spacial score (nSPS) is 18.8. The molecular formula is C42H43FN10O5. The number of aromatic nitrogens is 2. The van der Waals surface area contributed by atoms with Crippen LogP contribution in [-0.4, -0.2) is 101 Å². The minimum atomic E-state index is -0.976. The van der Waals surface area contributed by atoms with Gasteiger partial charge >= 0.3 is 0 Å². The summed E-state index contributed by atoms with van der Waals surface area (Å²) in [7, 11) is 0. The predicted octanol–water partition coefficient (Wildman–Crippen LogP) is 4.67. The van der Waals surface area contributed by atoms with Crippen LogP contribution in [0.1, 0.15) is 46.4 Å². The number of piperazine rings is 1. The summed E-state index contributed by atoms with van der Waals surface area (Å²) in [5, 5.41) is 11.0. The fraction of sp³-hybridized carbons (Fsp3) is 0.310. The van der Waals surface area contributed by atoms with E-state index in [4.69, 9.17) is 0 Å². The van der Waals surface area contributed by atoms with Gasteiger partial charge in [-0.15, -0.1) is 0 Å². The SMILES string of the molecule is C=CC(=O)Nc1cccc(Nc2nc(Nc3ccc(N4CCN(CC5CCN(c6ccc7c(c6)C(=O)N(C6CCC(=O)NC6=O)C7=O)CC5)CC4)cc3)ncc2F)c1. The number of nitrogens with zero attached hydrogens (tertiary/aromatic N) is 6. The van der Waals surface area contributed by atoms with E-state index >= 15 is 0 Å². The Morgan fingerprint density at radius 3 is 2.26 bits per heavy atom. The van der Waals surface area contributed by atoms with Crippen LogP contribution in [0.2, 0.25) is 0 Å². The Morgan fingerprint density at radius 2 is 1.52 bits per heavy atom. The molecule has 5 amide bonds. The molecule has 3 saturated heterocycles. The number of rotatable bonds is 11. The van der Waals surface area contributed by atoms with Crippen LogP contribution < -0.4 is 31.1 Å². The number of halogens is 1. The number of fused-ring (bicyclic) bond motifs is 1. The third-order valence-corrected chi connectivity index (χ3v) is 11.1. The Labute approximate surface area is 334 Å². The maximum Gasteiger partial charge on any atom is 0.262 e. The molecule has 0 bridgehead atoms. The first-order valence-electron chi connectivity index (χ1n) is 19.4. The zero-order chi connectivity index (χ0) is 40.3. The van der Waals surface area contributed by atoms with Crippen molar-refractivity contribution in [2.45, 2.75) is 31.7 Å². The fourth-order valence-electron chi connectivity index (χ4n) is 7.99. The van der Waals surface area contributed by atoms with E-state index in [-0.39, 0.29) is 30.5 Å². The lowest BCUT2D eigenvalue weighted by Crippen LogP contribution is -2.54. The third-order valence-electron chi connectivity index (χ3n) is 11.1. The lowest BCUT2D eigenvalue weighted by molar-refractivity contribution is -0.136. The zero-order valence-corrected chi connectivity index (χ0v) is 31.7. The smallest absolute Gasteiger partial charge is 0.262 e. The van der Waals surface area contributed by atoms with Gasteiger partial charge in [0.2, 0.25) is 23.7 Å². The van der Waals surface area contributed by atoms with Crippen molar-refractivity contribution in [1.29, 1.82) is 0 Å². The molecule has 5 heterocycles. The number of carbonyl (C=O) groups excluding carboxylic acids is 5. The molecule has 1 unspecified atom stereocenters. The van der Waals surface area contributed by atoms with Crippen LogP contribution in [0.15, 0.2) is 85.6 Å². The molecule has 3 aromatic carbocycles. The van der Waals surface area contributed by atoms with Crippen LogP contribution >= 0.6 is 0 Å². The molecule has 8 rings (SSSR count). The summed E-state index contributed by atoms with van der Waals surface area (Å²) in [6.45, 7) is 9.86. The maximum atomic E-state index is 14.6. The molecule has 1 atom stereocenters. The van der Waals surface area contributed by atoms with E-state index in [1.165, 1.54) is 6.08 Å². The summed E-state index contributed by atoms with van der Waals surface area (Å²) in [6, 6.07) is 19.2. The van der Waals surface area contributed by atoms with E-state index in [2.05, 4.69) is 52.5 Å². The van der Waals surface area contributed by atoms with Crippen molar-refractivity contribution in [2.24, 2.45) is 5.92 Å². The van der Waals surface area contributed by atoms with Gasteiger partial charge in [0.25, 0.3) is 11.8 Å². The average molecular weight is 787 g/mol. The van der Waals surface area contributed by atoms with Gasteiger partial charge in [-0.05, 0) is 91.9 Å². The van der Waals surface area contributed by atoms with Gasteiger partial charge < -0.3 is 25.8 Å². The Kier molecular flexibility index (Phi) is 10.8. The van der Waals surface area contributed by atoms with E-state index in [9.17, 15) is 28.4 Å². The van der Waals surface area contributed by atoms with Crippen LogP contribution in [0.5, 0.6) is 0 Å². The van der Waals surface area contributed by atoms with Crippen molar-refractivity contribution in [1.82, 2.24) is 25.1 Å². The Balaban J connectivity index is 0.794. The summed E-state index contributed by atoms with van der Waals surface area (Å²) in [5.74, 6) is -2.20. The van der Waals surface area contributed by atoms with Gasteiger partial charge in [0.15, 0.2) is 11.6 Å². The van der Waals surface area contributed by atoms with Crippen molar-refractivity contribution in [3.8, 4) is 0 Å². The molecule has 58 heavy (non-hydrogen) atoms. The molecule has 0 radical (unpaired) electrons. The molecule has 0 saturated carbocycles. The van der Waals surface area contributed by atoms with Crippen LogP contribution in [0, 0.1) is 11.7 Å². The molecule has 0 aliphatic carbocycles. The van der Waals surface area contributed by atoms with Crippen molar-refractivity contribution in [3.05, 3.63) is 103 Å². The molecule has 1 aromatic heterocycles. The van der Waals surface area contributed by atoms with Gasteiger partial charge in [-0.2, -0.15) is 4.98 Å². The lowest BCUT2D eigenvalue weighted by Gasteiger charge is -2.40. The number of imide groups is 2. The zero-order valence-electron chi connectivity index (χ0n) is 31.7. The summed E-state index contributed by atoms with van der Waals surface area (Å²) in [6.07, 6.45) is 4.52. The maximum absolute atomic E-state index is 14.6. The minimum Gasteiger partial charge on any atom is -0.371 e. The number of nitrogens with one attached hydrogen (secondary N) is 4. The molecule has 4 aromatic rings. The molecular weight excluding hydrogens is 744 g/mol. The molecule has 4 aliphatic heterocycles. The number of piperidine rings is 2. The Hall–Kier alpha value is -6.68. The highest BCUT2D eigenvalue weighted by atomic mass is 19.1. The number of benzene rings is 3. The number of anilines is 7. The number of hydrogen-bond acceptors (Lipinski definition) is 12. The highest BCUT2D eigenvalue weighted by molar-refractivity contribution is 6.23. The van der Waals surface area contributed by atoms with E-state index in [1.54, 1.807) is 36.4 Å². The minimum absolute atomic E-state index is 0.0122.